The maximum Gasteiger partial charge on any atom is 0.130 e. The SMILES string of the molecule is C.CC.CC.CC.CC.CC.CC(C)c1ccccn1.CC(C)c1cccnc1.CC(C)c1ccncc1.CC(C)c1cnccn1.CC(C)c1ncccn1. The normalized spacial score (nSPS) is 8.66. The first kappa shape index (κ1) is 63.5. The molecule has 0 aliphatic heterocycles. The summed E-state index contributed by atoms with van der Waals surface area (Å²) in [4.78, 5) is 28.3. The van der Waals surface area contributed by atoms with Gasteiger partial charge in [0.1, 0.15) is 5.82 Å². The molecule has 0 aromatic carbocycles. The molecule has 0 saturated carbocycles. The van der Waals surface area contributed by atoms with Gasteiger partial charge < -0.3 is 0 Å². The molecule has 5 heterocycles. The minimum atomic E-state index is 0. The standard InChI is InChI=1S/3C8H11N.2C7H10N2.5C2H6.CH4/c1-7(2)8-3-5-9-6-4-8;1-7(2)8-4-3-5-9-6-8;1-7(2)8-5-3-4-6-9-8;1-6(2)7-5-8-3-4-9-7;1-6(2)7-8-4-3-5-9-7;5*1-2;/h3*3-7H,1-2H3;2*3-6H,1-2H3;5*1-2H3;1H4. The van der Waals surface area contributed by atoms with Crippen LogP contribution in [0, 0.1) is 0 Å². The van der Waals surface area contributed by atoms with Crippen LogP contribution in [0.2, 0.25) is 0 Å². The minimum Gasteiger partial charge on any atom is -0.265 e. The van der Waals surface area contributed by atoms with Gasteiger partial charge in [0, 0.05) is 73.6 Å². The first-order valence-corrected chi connectivity index (χ1v) is 20.8. The molecular formula is C49H87N7. The van der Waals surface area contributed by atoms with Crippen molar-refractivity contribution in [3.05, 3.63) is 139 Å². The van der Waals surface area contributed by atoms with Crippen molar-refractivity contribution in [3.8, 4) is 0 Å². The predicted octanol–water partition coefficient (Wildman–Crippen LogP) is 15.6. The van der Waals surface area contributed by atoms with E-state index in [4.69, 9.17) is 0 Å². The second-order valence-electron chi connectivity index (χ2n) is 11.8. The highest BCUT2D eigenvalue weighted by Crippen LogP contribution is 2.12. The number of pyridine rings is 3. The van der Waals surface area contributed by atoms with E-state index in [-0.39, 0.29) is 7.43 Å². The van der Waals surface area contributed by atoms with Crippen LogP contribution in [0.1, 0.15) is 204 Å². The molecule has 0 fully saturated rings. The molecular weight excluding hydrogens is 687 g/mol. The summed E-state index contributed by atoms with van der Waals surface area (Å²) in [5.74, 6) is 3.60. The van der Waals surface area contributed by atoms with E-state index in [0.29, 0.717) is 29.6 Å². The summed E-state index contributed by atoms with van der Waals surface area (Å²) in [7, 11) is 0. The molecule has 0 spiro atoms. The van der Waals surface area contributed by atoms with Gasteiger partial charge in [-0.05, 0) is 71.2 Å². The Balaban J connectivity index is -0.000000131. The molecule has 0 amide bonds. The van der Waals surface area contributed by atoms with Gasteiger partial charge in [-0.15, -0.1) is 0 Å². The number of aromatic nitrogens is 7. The zero-order chi connectivity index (χ0) is 43.5. The zero-order valence-electron chi connectivity index (χ0n) is 38.9. The molecule has 0 N–H and O–H groups in total. The molecule has 5 aromatic rings. The summed E-state index contributed by atoms with van der Waals surface area (Å²) in [5.41, 5.74) is 4.87. The molecule has 0 bridgehead atoms. The molecule has 0 unspecified atom stereocenters. The zero-order valence-corrected chi connectivity index (χ0v) is 38.9. The minimum absolute atomic E-state index is 0. The number of hydrogen-bond donors (Lipinski definition) is 0. The van der Waals surface area contributed by atoms with Gasteiger partial charge in [-0.3, -0.25) is 24.9 Å². The molecule has 0 aliphatic carbocycles. The molecule has 0 aliphatic rings. The van der Waals surface area contributed by atoms with E-state index in [2.05, 4.69) is 110 Å². The van der Waals surface area contributed by atoms with Crippen molar-refractivity contribution >= 4 is 0 Å². The van der Waals surface area contributed by atoms with Crippen molar-refractivity contribution in [3.63, 3.8) is 0 Å². The largest absolute Gasteiger partial charge is 0.265 e. The Labute approximate surface area is 348 Å². The van der Waals surface area contributed by atoms with Crippen LogP contribution in [0.15, 0.2) is 110 Å². The third-order valence-electron chi connectivity index (χ3n) is 6.28. The van der Waals surface area contributed by atoms with E-state index in [1.165, 1.54) is 11.1 Å². The fourth-order valence-electron chi connectivity index (χ4n) is 3.40. The molecule has 5 rings (SSSR count). The van der Waals surface area contributed by atoms with Crippen LogP contribution in [0.25, 0.3) is 0 Å². The molecule has 0 saturated heterocycles. The van der Waals surface area contributed by atoms with E-state index in [1.54, 1.807) is 37.2 Å². The maximum absolute atomic E-state index is 4.18. The Bertz CT molecular complexity index is 1100. The molecule has 7 heteroatoms. The average Bonchev–Trinajstić information content (AvgIpc) is 3.27. The van der Waals surface area contributed by atoms with E-state index in [1.807, 2.05) is 136 Å². The van der Waals surface area contributed by atoms with Crippen molar-refractivity contribution in [1.29, 1.82) is 0 Å². The molecule has 7 nitrogen and oxygen atoms in total. The first-order chi connectivity index (χ1) is 26.5. The maximum atomic E-state index is 4.18. The van der Waals surface area contributed by atoms with Gasteiger partial charge in [-0.1, -0.05) is 158 Å². The monoisotopic (exact) mass is 774 g/mol. The van der Waals surface area contributed by atoms with Crippen LogP contribution >= 0.6 is 0 Å². The van der Waals surface area contributed by atoms with Crippen LogP contribution in [-0.4, -0.2) is 34.9 Å². The smallest absolute Gasteiger partial charge is 0.130 e. The Morgan fingerprint density at radius 1 is 0.321 bits per heavy atom. The third kappa shape index (κ3) is 37.9. The Kier molecular flexibility index (Phi) is 55.2. The Morgan fingerprint density at radius 3 is 1.05 bits per heavy atom. The fraction of sp³-hybridized carbons (Fsp3) is 0.531. The van der Waals surface area contributed by atoms with Gasteiger partial charge >= 0.3 is 0 Å². The lowest BCUT2D eigenvalue weighted by molar-refractivity contribution is 0.774. The van der Waals surface area contributed by atoms with Gasteiger partial charge in [-0.25, -0.2) is 9.97 Å². The van der Waals surface area contributed by atoms with Crippen molar-refractivity contribution in [2.75, 3.05) is 0 Å². The lowest BCUT2D eigenvalue weighted by Gasteiger charge is -2.01. The van der Waals surface area contributed by atoms with Crippen molar-refractivity contribution in [2.45, 2.75) is 175 Å². The molecule has 318 valence electrons. The van der Waals surface area contributed by atoms with Crippen LogP contribution in [0.5, 0.6) is 0 Å². The molecule has 0 atom stereocenters. The molecule has 56 heavy (non-hydrogen) atoms. The summed E-state index contributed by atoms with van der Waals surface area (Å²) >= 11 is 0. The summed E-state index contributed by atoms with van der Waals surface area (Å²) in [6, 6.07) is 16.0. The van der Waals surface area contributed by atoms with E-state index < -0.39 is 0 Å². The second-order valence-corrected chi connectivity index (χ2v) is 11.8. The highest BCUT2D eigenvalue weighted by Gasteiger charge is 1.98. The summed E-state index contributed by atoms with van der Waals surface area (Å²) < 4.78 is 0. The quantitative estimate of drug-likeness (QED) is 0.176. The number of rotatable bonds is 5. The predicted molar refractivity (Wildman–Crippen MR) is 251 cm³/mol. The summed E-state index contributed by atoms with van der Waals surface area (Å²) in [6.07, 6.45) is 17.9. The van der Waals surface area contributed by atoms with E-state index >= 15 is 0 Å². The topological polar surface area (TPSA) is 90.2 Å². The van der Waals surface area contributed by atoms with Gasteiger partial charge in [0.15, 0.2) is 0 Å². The highest BCUT2D eigenvalue weighted by atomic mass is 14.9. The Hall–Kier alpha value is -4.39. The Morgan fingerprint density at radius 2 is 0.786 bits per heavy atom. The van der Waals surface area contributed by atoms with Crippen LogP contribution in [0.4, 0.5) is 0 Å². The van der Waals surface area contributed by atoms with Crippen molar-refractivity contribution in [2.24, 2.45) is 0 Å². The summed E-state index contributed by atoms with van der Waals surface area (Å²) in [6.45, 7) is 41.3. The molecule has 0 radical (unpaired) electrons. The van der Waals surface area contributed by atoms with Crippen LogP contribution in [0.3, 0.4) is 0 Å². The average molecular weight is 774 g/mol. The lowest BCUT2D eigenvalue weighted by Crippen LogP contribution is -1.93. The van der Waals surface area contributed by atoms with Crippen molar-refractivity contribution < 1.29 is 0 Å². The van der Waals surface area contributed by atoms with Crippen LogP contribution in [-0.2, 0) is 0 Å². The second kappa shape index (κ2) is 48.6. The van der Waals surface area contributed by atoms with Gasteiger partial charge in [-0.2, -0.15) is 0 Å². The third-order valence-corrected chi connectivity index (χ3v) is 6.28. The first-order valence-electron chi connectivity index (χ1n) is 20.8. The van der Waals surface area contributed by atoms with Gasteiger partial charge in [0.2, 0.25) is 0 Å². The van der Waals surface area contributed by atoms with Gasteiger partial charge in [0.25, 0.3) is 0 Å². The molecule has 5 aromatic heterocycles. The fourth-order valence-corrected chi connectivity index (χ4v) is 3.40. The van der Waals surface area contributed by atoms with E-state index in [9.17, 15) is 0 Å². The van der Waals surface area contributed by atoms with Gasteiger partial charge in [0.05, 0.1) is 5.69 Å². The van der Waals surface area contributed by atoms with E-state index in [0.717, 1.165) is 17.2 Å². The number of nitrogens with zero attached hydrogens (tertiary/aromatic N) is 7. The van der Waals surface area contributed by atoms with Crippen molar-refractivity contribution in [1.82, 2.24) is 34.9 Å². The highest BCUT2D eigenvalue weighted by molar-refractivity contribution is 5.13. The van der Waals surface area contributed by atoms with Crippen LogP contribution < -0.4 is 0 Å². The number of hydrogen-bond acceptors (Lipinski definition) is 7. The summed E-state index contributed by atoms with van der Waals surface area (Å²) in [5, 5.41) is 0. The lowest BCUT2D eigenvalue weighted by atomic mass is 10.1.